The number of piperidine rings is 1. The van der Waals surface area contributed by atoms with Crippen molar-refractivity contribution in [1.82, 2.24) is 20.0 Å². The number of rotatable bonds is 11. The molecule has 2 heterocycles. The molecule has 7 nitrogen and oxygen atoms in total. The second-order valence-electron chi connectivity index (χ2n) is 9.84. The van der Waals surface area contributed by atoms with Crippen molar-refractivity contribution in [3.8, 4) is 5.75 Å². The van der Waals surface area contributed by atoms with Crippen molar-refractivity contribution < 1.29 is 14.3 Å². The van der Waals surface area contributed by atoms with Crippen LogP contribution in [0, 0.1) is 5.92 Å². The van der Waals surface area contributed by atoms with Gasteiger partial charge in [0.2, 0.25) is 11.8 Å². The summed E-state index contributed by atoms with van der Waals surface area (Å²) in [6.07, 6.45) is 3.01. The van der Waals surface area contributed by atoms with E-state index in [4.69, 9.17) is 4.74 Å². The van der Waals surface area contributed by atoms with E-state index in [2.05, 4.69) is 45.4 Å². The number of hydrogen-bond donors (Lipinski definition) is 1. The lowest BCUT2D eigenvalue weighted by atomic mass is 9.97. The van der Waals surface area contributed by atoms with Crippen molar-refractivity contribution in [1.29, 1.82) is 0 Å². The fourth-order valence-electron chi connectivity index (χ4n) is 5.02. The van der Waals surface area contributed by atoms with Crippen LogP contribution in [0.3, 0.4) is 0 Å². The van der Waals surface area contributed by atoms with E-state index >= 15 is 0 Å². The summed E-state index contributed by atoms with van der Waals surface area (Å²) in [5.74, 6) is 0.810. The molecule has 0 radical (unpaired) electrons. The topological polar surface area (TPSA) is 65.1 Å². The Bertz CT molecular complexity index is 932. The van der Waals surface area contributed by atoms with E-state index in [1.807, 2.05) is 35.2 Å². The fourth-order valence-corrected chi connectivity index (χ4v) is 5.02. The zero-order valence-corrected chi connectivity index (χ0v) is 21.3. The number of nitrogens with zero attached hydrogens (tertiary/aromatic N) is 3. The average Bonchev–Trinajstić information content (AvgIpc) is 2.93. The van der Waals surface area contributed by atoms with Crippen molar-refractivity contribution in [2.75, 3.05) is 59.0 Å². The van der Waals surface area contributed by atoms with Gasteiger partial charge in [-0.3, -0.25) is 14.5 Å². The van der Waals surface area contributed by atoms with Crippen molar-refractivity contribution in [2.24, 2.45) is 5.92 Å². The molecular formula is C29H40N4O3. The molecule has 0 spiro atoms. The molecule has 2 aliphatic heterocycles. The lowest BCUT2D eigenvalue weighted by molar-refractivity contribution is -0.136. The molecule has 0 aliphatic carbocycles. The van der Waals surface area contributed by atoms with Crippen LogP contribution in [-0.4, -0.2) is 85.5 Å². The number of benzene rings is 2. The first kappa shape index (κ1) is 26.2. The maximum Gasteiger partial charge on any atom is 0.226 e. The molecule has 2 aliphatic rings. The van der Waals surface area contributed by atoms with E-state index in [0.717, 1.165) is 70.8 Å². The van der Waals surface area contributed by atoms with Gasteiger partial charge in [0.15, 0.2) is 0 Å². The van der Waals surface area contributed by atoms with E-state index < -0.39 is 0 Å². The van der Waals surface area contributed by atoms with E-state index in [0.29, 0.717) is 26.1 Å². The molecule has 2 aromatic carbocycles. The first-order valence-corrected chi connectivity index (χ1v) is 13.4. The number of carbonyl (C=O) groups is 2. The monoisotopic (exact) mass is 492 g/mol. The summed E-state index contributed by atoms with van der Waals surface area (Å²) in [5.41, 5.74) is 1.37. The standard InChI is InChI=1S/C29H40N4O3/c34-28(14-22-36-27-12-5-2-6-13-27)33-17-7-11-26(24-33)29(35)30-15-8-16-31-18-20-32(21-19-31)23-25-9-3-1-4-10-25/h1-6,9-10,12-13,26H,7-8,11,14-24H2,(H,30,35). The van der Waals surface area contributed by atoms with Crippen LogP contribution >= 0.6 is 0 Å². The Labute approximate surface area is 215 Å². The molecule has 2 fully saturated rings. The molecule has 0 bridgehead atoms. The van der Waals surface area contributed by atoms with Gasteiger partial charge in [0.1, 0.15) is 5.75 Å². The number of ether oxygens (including phenoxy) is 1. The van der Waals surface area contributed by atoms with Crippen molar-refractivity contribution >= 4 is 11.8 Å². The van der Waals surface area contributed by atoms with Crippen LogP contribution < -0.4 is 10.1 Å². The lowest BCUT2D eigenvalue weighted by Gasteiger charge is -2.35. The number of nitrogens with one attached hydrogen (secondary N) is 1. The molecular weight excluding hydrogens is 452 g/mol. The zero-order chi connectivity index (χ0) is 25.0. The summed E-state index contributed by atoms with van der Waals surface area (Å²) in [7, 11) is 0. The SMILES string of the molecule is O=C(NCCCN1CCN(Cc2ccccc2)CC1)C1CCCN(C(=O)CCOc2ccccc2)C1. The van der Waals surface area contributed by atoms with Gasteiger partial charge < -0.3 is 19.9 Å². The molecule has 1 unspecified atom stereocenters. The van der Waals surface area contributed by atoms with Gasteiger partial charge in [-0.25, -0.2) is 0 Å². The molecule has 1 N–H and O–H groups in total. The van der Waals surface area contributed by atoms with Crippen molar-refractivity contribution in [2.45, 2.75) is 32.2 Å². The fraction of sp³-hybridized carbons (Fsp3) is 0.517. The van der Waals surface area contributed by atoms with Gasteiger partial charge in [0.05, 0.1) is 18.9 Å². The maximum absolute atomic E-state index is 12.7. The van der Waals surface area contributed by atoms with Crippen LogP contribution in [0.4, 0.5) is 0 Å². The normalized spacial score (nSPS) is 19.1. The van der Waals surface area contributed by atoms with Crippen molar-refractivity contribution in [3.05, 3.63) is 66.2 Å². The number of para-hydroxylation sites is 1. The summed E-state index contributed by atoms with van der Waals surface area (Å²) in [6.45, 7) is 8.65. The highest BCUT2D eigenvalue weighted by atomic mass is 16.5. The molecule has 36 heavy (non-hydrogen) atoms. The number of carbonyl (C=O) groups excluding carboxylic acids is 2. The zero-order valence-electron chi connectivity index (χ0n) is 21.3. The Morgan fingerprint density at radius 1 is 0.889 bits per heavy atom. The Kier molecular flexibility index (Phi) is 10.2. The Balaban J connectivity index is 1.07. The summed E-state index contributed by atoms with van der Waals surface area (Å²) in [4.78, 5) is 32.2. The second-order valence-corrected chi connectivity index (χ2v) is 9.84. The van der Waals surface area contributed by atoms with Gasteiger partial charge in [-0.05, 0) is 43.5 Å². The quantitative estimate of drug-likeness (QED) is 0.489. The first-order valence-electron chi connectivity index (χ1n) is 13.4. The van der Waals surface area contributed by atoms with E-state index in [1.54, 1.807) is 0 Å². The lowest BCUT2D eigenvalue weighted by Crippen LogP contribution is -2.47. The van der Waals surface area contributed by atoms with E-state index in [-0.39, 0.29) is 17.7 Å². The van der Waals surface area contributed by atoms with Gasteiger partial charge >= 0.3 is 0 Å². The van der Waals surface area contributed by atoms with Crippen LogP contribution in [0.25, 0.3) is 0 Å². The second kappa shape index (κ2) is 14.0. The van der Waals surface area contributed by atoms with Crippen LogP contribution in [0.5, 0.6) is 5.75 Å². The maximum atomic E-state index is 12.7. The highest BCUT2D eigenvalue weighted by Gasteiger charge is 2.28. The highest BCUT2D eigenvalue weighted by Crippen LogP contribution is 2.18. The third-order valence-electron chi connectivity index (χ3n) is 7.14. The van der Waals surface area contributed by atoms with Gasteiger partial charge in [-0.15, -0.1) is 0 Å². The third-order valence-corrected chi connectivity index (χ3v) is 7.14. The average molecular weight is 493 g/mol. The smallest absolute Gasteiger partial charge is 0.226 e. The van der Waals surface area contributed by atoms with Gasteiger partial charge in [0.25, 0.3) is 0 Å². The number of hydrogen-bond acceptors (Lipinski definition) is 5. The van der Waals surface area contributed by atoms with Gasteiger partial charge in [0, 0.05) is 52.4 Å². The van der Waals surface area contributed by atoms with Crippen LogP contribution in [-0.2, 0) is 16.1 Å². The molecule has 7 heteroatoms. The molecule has 0 aromatic heterocycles. The minimum absolute atomic E-state index is 0.0647. The largest absolute Gasteiger partial charge is 0.493 e. The summed E-state index contributed by atoms with van der Waals surface area (Å²) in [6, 6.07) is 20.2. The highest BCUT2D eigenvalue weighted by molar-refractivity contribution is 5.81. The van der Waals surface area contributed by atoms with Gasteiger partial charge in [-0.2, -0.15) is 0 Å². The minimum atomic E-state index is -0.112. The molecule has 4 rings (SSSR count). The Morgan fingerprint density at radius 2 is 1.58 bits per heavy atom. The van der Waals surface area contributed by atoms with E-state index in [9.17, 15) is 9.59 Å². The molecule has 2 aromatic rings. The van der Waals surface area contributed by atoms with Gasteiger partial charge in [-0.1, -0.05) is 48.5 Å². The van der Waals surface area contributed by atoms with Crippen LogP contribution in [0.1, 0.15) is 31.2 Å². The molecule has 194 valence electrons. The molecule has 1 atom stereocenters. The first-order chi connectivity index (χ1) is 17.7. The Morgan fingerprint density at radius 3 is 2.33 bits per heavy atom. The predicted molar refractivity (Wildman–Crippen MR) is 142 cm³/mol. The number of amides is 2. The predicted octanol–water partition coefficient (Wildman–Crippen LogP) is 3.02. The molecule has 0 saturated carbocycles. The summed E-state index contributed by atoms with van der Waals surface area (Å²) in [5, 5.41) is 3.12. The van der Waals surface area contributed by atoms with Crippen LogP contribution in [0.2, 0.25) is 0 Å². The molecule has 2 amide bonds. The number of likely N-dealkylation sites (tertiary alicyclic amines) is 1. The van der Waals surface area contributed by atoms with Crippen LogP contribution in [0.15, 0.2) is 60.7 Å². The van der Waals surface area contributed by atoms with E-state index in [1.165, 1.54) is 5.56 Å². The third kappa shape index (κ3) is 8.35. The summed E-state index contributed by atoms with van der Waals surface area (Å²) >= 11 is 0. The number of piperazine rings is 1. The molecule has 2 saturated heterocycles. The minimum Gasteiger partial charge on any atom is -0.493 e. The van der Waals surface area contributed by atoms with Crippen molar-refractivity contribution in [3.63, 3.8) is 0 Å². The Hall–Kier alpha value is -2.90. The summed E-state index contributed by atoms with van der Waals surface area (Å²) < 4.78 is 5.66.